The van der Waals surface area contributed by atoms with Gasteiger partial charge in [-0.05, 0) is 35.7 Å². The number of rotatable bonds is 9. The number of phenolic OH excluding ortho intramolecular Hbond substituents is 1. The van der Waals surface area contributed by atoms with Crippen LogP contribution in [0.5, 0.6) is 5.75 Å². The van der Waals surface area contributed by atoms with E-state index >= 15 is 0 Å². The Morgan fingerprint density at radius 1 is 0.750 bits per heavy atom. The number of aromatic hydroxyl groups is 1. The molecule has 0 radical (unpaired) electrons. The average Bonchev–Trinajstić information content (AvgIpc) is 2.89. The van der Waals surface area contributed by atoms with E-state index < -0.39 is 82.9 Å². The molecule has 0 saturated heterocycles. The van der Waals surface area contributed by atoms with Gasteiger partial charge in [0.2, 0.25) is 0 Å². The van der Waals surface area contributed by atoms with E-state index in [1.165, 1.54) is 24.3 Å². The summed E-state index contributed by atoms with van der Waals surface area (Å²) < 4.78 is 114. The molecule has 0 spiro atoms. The number of hydrogen-bond acceptors (Lipinski definition) is 15. The molecule has 0 amide bonds. The number of aliphatic carboxylic acids is 1. The molecule has 0 aromatic heterocycles. The molecule has 25 heteroatoms. The molecule has 242 valence electrons. The first kappa shape index (κ1) is 47.1. The third-order valence-corrected chi connectivity index (χ3v) is 8.77. The third-order valence-electron chi connectivity index (χ3n) is 5.56. The van der Waals surface area contributed by atoms with Crippen molar-refractivity contribution < 1.29 is 157 Å². The van der Waals surface area contributed by atoms with Crippen LogP contribution < -0.4 is 94.0 Å². The summed E-state index contributed by atoms with van der Waals surface area (Å²) in [7, 11) is -19.1. The zero-order chi connectivity index (χ0) is 34.0. The molecule has 5 N–H and O–H groups in total. The van der Waals surface area contributed by atoms with Crippen LogP contribution in [0.2, 0.25) is 0 Å². The van der Waals surface area contributed by atoms with Gasteiger partial charge in [0.05, 0.1) is 33.2 Å². The van der Waals surface area contributed by atoms with Crippen LogP contribution in [0.25, 0.3) is 21.5 Å². The van der Waals surface area contributed by atoms with E-state index in [9.17, 15) is 53.4 Å². The van der Waals surface area contributed by atoms with Crippen molar-refractivity contribution in [2.75, 3.05) is 12.8 Å². The maximum atomic E-state index is 11.7. The van der Waals surface area contributed by atoms with Crippen molar-refractivity contribution in [1.82, 2.24) is 5.32 Å². The maximum absolute atomic E-state index is 11.7. The predicted octanol–water partition coefficient (Wildman–Crippen LogP) is -7.37. The fraction of sp³-hybridized carbons (Fsp3) is 0.0870. The number of hydrogen-bond donors (Lipinski definition) is 5. The SMILES string of the molecule is O=C(O)CNCP(=O)(O)O.O=S(=O)([O-])c1ccc2c(N=Nc3ccc(S(=O)(=O)[O-])c4ccccc34)c(O)c(S(=O)(=O)[O-])cc2c1.[Na+].[Na+].[Na+]. The topological polar surface area (TPSA) is 323 Å². The number of fused-ring (bicyclic) bond motifs is 2. The first-order valence-corrected chi connectivity index (χ1v) is 17.7. The summed E-state index contributed by atoms with van der Waals surface area (Å²) in [5, 5.41) is 28.2. The van der Waals surface area contributed by atoms with E-state index in [2.05, 4.69) is 15.5 Å². The van der Waals surface area contributed by atoms with Crippen LogP contribution in [0.3, 0.4) is 0 Å². The van der Waals surface area contributed by atoms with Crippen LogP contribution in [0.15, 0.2) is 85.6 Å². The molecule has 0 bridgehead atoms. The van der Waals surface area contributed by atoms with Crippen molar-refractivity contribution in [1.29, 1.82) is 0 Å². The molecule has 0 aliphatic heterocycles. The van der Waals surface area contributed by atoms with Crippen LogP contribution in [0, 0.1) is 0 Å². The Bertz CT molecular complexity index is 2230. The molecule has 4 aromatic rings. The normalized spacial score (nSPS) is 11.9. The maximum Gasteiger partial charge on any atom is 1.00 e. The van der Waals surface area contributed by atoms with Crippen LogP contribution in [-0.4, -0.2) is 77.7 Å². The summed E-state index contributed by atoms with van der Waals surface area (Å²) in [6.45, 7) is -0.439. The zero-order valence-electron chi connectivity index (χ0n) is 25.0. The van der Waals surface area contributed by atoms with Crippen molar-refractivity contribution in [3.8, 4) is 5.75 Å². The van der Waals surface area contributed by atoms with Gasteiger partial charge in [-0.2, -0.15) is 0 Å². The molecule has 0 unspecified atom stereocenters. The Morgan fingerprint density at radius 3 is 1.81 bits per heavy atom. The van der Waals surface area contributed by atoms with Crippen molar-refractivity contribution in [3.05, 3.63) is 60.7 Å². The van der Waals surface area contributed by atoms with Gasteiger partial charge in [-0.3, -0.25) is 14.7 Å². The monoisotopic (exact) mass is 773 g/mol. The smallest absolute Gasteiger partial charge is 0.744 e. The van der Waals surface area contributed by atoms with Gasteiger partial charge >= 0.3 is 102 Å². The van der Waals surface area contributed by atoms with Gasteiger partial charge in [0.15, 0.2) is 5.75 Å². The van der Waals surface area contributed by atoms with E-state index in [1.807, 2.05) is 0 Å². The van der Waals surface area contributed by atoms with Crippen LogP contribution >= 0.6 is 7.60 Å². The molecule has 4 rings (SSSR count). The Balaban J connectivity index is 0.00000149. The predicted molar refractivity (Wildman–Crippen MR) is 150 cm³/mol. The quantitative estimate of drug-likeness (QED) is 0.0457. The fourth-order valence-corrected chi connectivity index (χ4v) is 5.95. The molecule has 0 fully saturated rings. The minimum Gasteiger partial charge on any atom is -0.744 e. The van der Waals surface area contributed by atoms with E-state index in [0.717, 1.165) is 30.3 Å². The molecule has 48 heavy (non-hydrogen) atoms. The van der Waals surface area contributed by atoms with Gasteiger partial charge in [0.1, 0.15) is 36.0 Å². The number of phenols is 1. The Hall–Kier alpha value is -0.890. The number of carbonyl (C=O) groups is 1. The first-order chi connectivity index (χ1) is 20.6. The molecule has 0 saturated carbocycles. The third kappa shape index (κ3) is 13.0. The van der Waals surface area contributed by atoms with Crippen LogP contribution in [0.4, 0.5) is 11.4 Å². The Morgan fingerprint density at radius 2 is 1.31 bits per heavy atom. The van der Waals surface area contributed by atoms with Crippen LogP contribution in [-0.2, 0) is 39.7 Å². The van der Waals surface area contributed by atoms with Crippen molar-refractivity contribution in [3.63, 3.8) is 0 Å². The molecular formula is C23H19N3Na3O15PS3. The molecule has 4 aromatic carbocycles. The molecular weight excluding hydrogens is 754 g/mol. The molecule has 0 aliphatic carbocycles. The van der Waals surface area contributed by atoms with Gasteiger partial charge in [-0.25, -0.2) is 25.3 Å². The minimum absolute atomic E-state index is 0. The van der Waals surface area contributed by atoms with Crippen LogP contribution in [0.1, 0.15) is 0 Å². The van der Waals surface area contributed by atoms with E-state index in [0.29, 0.717) is 6.07 Å². The molecule has 18 nitrogen and oxygen atoms in total. The fourth-order valence-electron chi connectivity index (χ4n) is 3.75. The largest absolute Gasteiger partial charge is 1.00 e. The standard InChI is InChI=1S/C20H14N2O10S3.C3H8NO5P.3Na/c23-20-18(35(30,31)32)10-11-9-12(33(24,25)26)5-6-13(11)19(20)22-21-16-7-8-17(34(27,28)29)15-4-2-1-3-14(15)16;5-3(6)1-4-2-10(7,8)9;;;/h1-10,23H,(H,24,25,26)(H,27,28,29)(H,30,31,32);4H,1-2H2,(H,5,6)(H2,7,8,9);;;/q;;3*+1/p-3. The summed E-state index contributed by atoms with van der Waals surface area (Å²) in [5.74, 6) is -2.22. The van der Waals surface area contributed by atoms with E-state index in [-0.39, 0.29) is 116 Å². The number of nitrogens with zero attached hydrogens (tertiary/aromatic N) is 2. The minimum atomic E-state index is -5.27. The summed E-state index contributed by atoms with van der Waals surface area (Å²) in [4.78, 5) is 23.8. The Kier molecular flexibility index (Phi) is 18.2. The second kappa shape index (κ2) is 18.6. The van der Waals surface area contributed by atoms with Gasteiger partial charge < -0.3 is 33.7 Å². The van der Waals surface area contributed by atoms with Gasteiger partial charge in [0.25, 0.3) is 0 Å². The second-order valence-corrected chi connectivity index (χ2v) is 14.5. The van der Waals surface area contributed by atoms with Gasteiger partial charge in [-0.1, -0.05) is 30.3 Å². The van der Waals surface area contributed by atoms with Crippen molar-refractivity contribution >= 4 is 76.8 Å². The average molecular weight is 774 g/mol. The second-order valence-electron chi connectivity index (χ2n) is 8.79. The number of nitrogens with one attached hydrogen (secondary N) is 1. The Labute approximate surface area is 339 Å². The molecule has 0 heterocycles. The molecule has 0 atom stereocenters. The zero-order valence-corrected chi connectivity index (χ0v) is 34.4. The summed E-state index contributed by atoms with van der Waals surface area (Å²) in [5.41, 5.74) is -0.508. The van der Waals surface area contributed by atoms with Crippen molar-refractivity contribution in [2.45, 2.75) is 14.7 Å². The van der Waals surface area contributed by atoms with E-state index in [4.69, 9.17) is 14.9 Å². The number of benzene rings is 4. The number of carboxylic acids is 1. The molecule has 0 aliphatic rings. The number of azo groups is 1. The summed E-state index contributed by atoms with van der Waals surface area (Å²) in [6.07, 6.45) is -0.598. The van der Waals surface area contributed by atoms with Gasteiger partial charge in [-0.15, -0.1) is 10.2 Å². The first-order valence-electron chi connectivity index (χ1n) is 11.7. The number of carboxylic acid groups (broad SMARTS) is 1. The van der Waals surface area contributed by atoms with E-state index in [1.54, 1.807) is 0 Å². The summed E-state index contributed by atoms with van der Waals surface area (Å²) in [6, 6.07) is 11.5. The summed E-state index contributed by atoms with van der Waals surface area (Å²) >= 11 is 0. The van der Waals surface area contributed by atoms with Crippen molar-refractivity contribution in [2.24, 2.45) is 10.2 Å². The van der Waals surface area contributed by atoms with Gasteiger partial charge in [0, 0.05) is 16.2 Å².